The van der Waals surface area contributed by atoms with Gasteiger partial charge in [-0.15, -0.1) is 11.3 Å². The smallest absolute Gasteiger partial charge is 0.192 e. The van der Waals surface area contributed by atoms with Crippen LogP contribution in [-0.4, -0.2) is 47.5 Å². The number of benzene rings is 2. The molecule has 2 aromatic carbocycles. The molecule has 1 aromatic heterocycles. The summed E-state index contributed by atoms with van der Waals surface area (Å²) in [7, 11) is 1.62. The summed E-state index contributed by atoms with van der Waals surface area (Å²) in [6, 6.07) is 18.4. The SMILES string of the molecule is COc1ccc([C@@H]2C3CCCN3C3(C(=O)c4ccccc4C3=O)[C@H]2C(=O)c2cccs2)cc1. The number of hydrogen-bond acceptors (Lipinski definition) is 6. The van der Waals surface area contributed by atoms with Crippen molar-refractivity contribution in [2.24, 2.45) is 5.92 Å². The molecule has 1 unspecified atom stereocenters. The number of carbonyl (C=O) groups is 3. The third-order valence-corrected chi connectivity index (χ3v) is 8.52. The van der Waals surface area contributed by atoms with Crippen LogP contribution in [0.15, 0.2) is 66.0 Å². The highest BCUT2D eigenvalue weighted by Crippen LogP contribution is 2.58. The van der Waals surface area contributed by atoms with E-state index in [4.69, 9.17) is 4.74 Å². The molecule has 3 heterocycles. The standard InChI is InChI=1S/C27H23NO4S/c1-32-17-12-10-16(11-13-17)22-20-8-4-14-28(20)27(23(22)24(29)21-9-5-15-33-21)25(30)18-6-2-3-7-19(18)26(27)31/h2-3,5-7,9-13,15,20,22-23H,4,8,14H2,1H3/t20?,22-,23-/m1/s1. The topological polar surface area (TPSA) is 63.7 Å². The van der Waals surface area contributed by atoms with Gasteiger partial charge in [0.1, 0.15) is 5.75 Å². The van der Waals surface area contributed by atoms with Crippen molar-refractivity contribution in [1.82, 2.24) is 4.90 Å². The number of thiophene rings is 1. The van der Waals surface area contributed by atoms with Crippen molar-refractivity contribution in [2.45, 2.75) is 30.3 Å². The highest BCUT2D eigenvalue weighted by Gasteiger charge is 2.72. The lowest BCUT2D eigenvalue weighted by Gasteiger charge is -2.35. The number of ether oxygens (including phenoxy) is 1. The minimum absolute atomic E-state index is 0.0467. The molecule has 0 radical (unpaired) electrons. The monoisotopic (exact) mass is 457 g/mol. The molecule has 166 valence electrons. The number of Topliss-reactive ketones (excluding diaryl/α,β-unsaturated/α-hetero) is 3. The Morgan fingerprint density at radius 3 is 2.30 bits per heavy atom. The third kappa shape index (κ3) is 2.65. The van der Waals surface area contributed by atoms with E-state index in [1.807, 2.05) is 35.7 Å². The summed E-state index contributed by atoms with van der Waals surface area (Å²) in [5.74, 6) is -0.856. The van der Waals surface area contributed by atoms with Gasteiger partial charge in [-0.3, -0.25) is 19.3 Å². The molecule has 2 saturated heterocycles. The summed E-state index contributed by atoms with van der Waals surface area (Å²) in [5.41, 5.74) is 0.368. The molecule has 33 heavy (non-hydrogen) atoms. The molecular formula is C27H23NO4S. The third-order valence-electron chi connectivity index (χ3n) is 7.63. The normalized spacial score (nSPS) is 25.4. The van der Waals surface area contributed by atoms with E-state index in [0.717, 1.165) is 24.2 Å². The van der Waals surface area contributed by atoms with Gasteiger partial charge < -0.3 is 4.74 Å². The van der Waals surface area contributed by atoms with Gasteiger partial charge >= 0.3 is 0 Å². The quantitative estimate of drug-likeness (QED) is 0.422. The van der Waals surface area contributed by atoms with Crippen LogP contribution in [0, 0.1) is 5.92 Å². The number of methoxy groups -OCH3 is 1. The van der Waals surface area contributed by atoms with Crippen LogP contribution in [0.1, 0.15) is 54.7 Å². The van der Waals surface area contributed by atoms with Gasteiger partial charge in [0.15, 0.2) is 22.9 Å². The van der Waals surface area contributed by atoms with Gasteiger partial charge in [0.25, 0.3) is 0 Å². The Morgan fingerprint density at radius 1 is 1.00 bits per heavy atom. The number of nitrogens with zero attached hydrogens (tertiary/aromatic N) is 1. The van der Waals surface area contributed by atoms with E-state index in [0.29, 0.717) is 22.5 Å². The molecule has 3 atom stereocenters. The summed E-state index contributed by atoms with van der Waals surface area (Å²) < 4.78 is 5.34. The molecule has 6 rings (SSSR count). The van der Waals surface area contributed by atoms with Crippen molar-refractivity contribution in [1.29, 1.82) is 0 Å². The van der Waals surface area contributed by atoms with Crippen LogP contribution >= 0.6 is 11.3 Å². The molecule has 6 heteroatoms. The minimum atomic E-state index is -1.48. The van der Waals surface area contributed by atoms with Gasteiger partial charge in [0.05, 0.1) is 17.9 Å². The van der Waals surface area contributed by atoms with E-state index in [2.05, 4.69) is 4.90 Å². The first kappa shape index (κ1) is 20.5. The average Bonchev–Trinajstić information content (AvgIpc) is 3.62. The lowest BCUT2D eigenvalue weighted by atomic mass is 9.70. The predicted octanol–water partition coefficient (Wildman–Crippen LogP) is 4.64. The zero-order chi connectivity index (χ0) is 22.7. The number of ketones is 3. The van der Waals surface area contributed by atoms with Crippen molar-refractivity contribution in [2.75, 3.05) is 13.7 Å². The summed E-state index contributed by atoms with van der Waals surface area (Å²) in [4.78, 5) is 45.0. The molecular weight excluding hydrogens is 434 g/mol. The van der Waals surface area contributed by atoms with E-state index in [9.17, 15) is 14.4 Å². The lowest BCUT2D eigenvalue weighted by molar-refractivity contribution is 0.0473. The van der Waals surface area contributed by atoms with Crippen molar-refractivity contribution in [3.63, 3.8) is 0 Å². The maximum absolute atomic E-state index is 14.1. The fourth-order valence-electron chi connectivity index (χ4n) is 6.37. The molecule has 2 fully saturated rings. The molecule has 3 aromatic rings. The van der Waals surface area contributed by atoms with Crippen molar-refractivity contribution >= 4 is 28.7 Å². The Balaban J connectivity index is 1.59. The summed E-state index contributed by atoms with van der Waals surface area (Å²) >= 11 is 1.37. The molecule has 2 aliphatic heterocycles. The minimum Gasteiger partial charge on any atom is -0.497 e. The van der Waals surface area contributed by atoms with Gasteiger partial charge in [-0.1, -0.05) is 42.5 Å². The lowest BCUT2D eigenvalue weighted by Crippen LogP contribution is -2.58. The molecule has 5 nitrogen and oxygen atoms in total. The molecule has 1 aliphatic carbocycles. The Hall–Kier alpha value is -3.09. The van der Waals surface area contributed by atoms with Crippen molar-refractivity contribution in [3.05, 3.63) is 87.6 Å². The summed E-state index contributed by atoms with van der Waals surface area (Å²) in [5, 5.41) is 1.87. The van der Waals surface area contributed by atoms with E-state index in [1.165, 1.54) is 11.3 Å². The summed E-state index contributed by atoms with van der Waals surface area (Å²) in [6.07, 6.45) is 1.75. The largest absolute Gasteiger partial charge is 0.497 e. The van der Waals surface area contributed by atoms with Crippen molar-refractivity contribution < 1.29 is 19.1 Å². The maximum Gasteiger partial charge on any atom is 0.192 e. The van der Waals surface area contributed by atoms with Crippen LogP contribution in [0.3, 0.4) is 0 Å². The molecule has 0 N–H and O–H groups in total. The molecule has 1 spiro atoms. The second kappa shape index (κ2) is 7.47. The molecule has 0 saturated carbocycles. The van der Waals surface area contributed by atoms with Crippen LogP contribution in [0.25, 0.3) is 0 Å². The Morgan fingerprint density at radius 2 is 1.70 bits per heavy atom. The fourth-order valence-corrected chi connectivity index (χ4v) is 7.07. The summed E-state index contributed by atoms with van der Waals surface area (Å²) in [6.45, 7) is 0.636. The van der Waals surface area contributed by atoms with E-state index in [1.54, 1.807) is 37.4 Å². The van der Waals surface area contributed by atoms with Gasteiger partial charge in [-0.05, 0) is 48.5 Å². The fraction of sp³-hybridized carbons (Fsp3) is 0.296. The Labute approximate surface area is 196 Å². The van der Waals surface area contributed by atoms with Gasteiger partial charge in [0, 0.05) is 23.1 Å². The predicted molar refractivity (Wildman–Crippen MR) is 125 cm³/mol. The van der Waals surface area contributed by atoms with E-state index >= 15 is 0 Å². The van der Waals surface area contributed by atoms with Gasteiger partial charge in [-0.25, -0.2) is 0 Å². The Bertz CT molecular complexity index is 1230. The highest BCUT2D eigenvalue weighted by atomic mass is 32.1. The van der Waals surface area contributed by atoms with Crippen LogP contribution in [0.5, 0.6) is 5.75 Å². The zero-order valence-electron chi connectivity index (χ0n) is 18.2. The number of rotatable bonds is 4. The number of carbonyl (C=O) groups excluding carboxylic acids is 3. The average molecular weight is 458 g/mol. The number of hydrogen-bond donors (Lipinski definition) is 0. The maximum atomic E-state index is 14.1. The Kier molecular flexibility index (Phi) is 4.64. The second-order valence-electron chi connectivity index (χ2n) is 8.99. The van der Waals surface area contributed by atoms with Gasteiger partial charge in [0.2, 0.25) is 0 Å². The van der Waals surface area contributed by atoms with Crippen molar-refractivity contribution in [3.8, 4) is 5.75 Å². The first-order valence-corrected chi connectivity index (χ1v) is 12.1. The first-order valence-electron chi connectivity index (χ1n) is 11.3. The first-order chi connectivity index (χ1) is 16.1. The van der Waals surface area contributed by atoms with E-state index in [-0.39, 0.29) is 29.3 Å². The second-order valence-corrected chi connectivity index (χ2v) is 9.94. The molecule has 3 aliphatic rings. The number of fused-ring (bicyclic) bond motifs is 3. The van der Waals surface area contributed by atoms with Crippen LogP contribution in [0.2, 0.25) is 0 Å². The van der Waals surface area contributed by atoms with Crippen LogP contribution < -0.4 is 4.74 Å². The zero-order valence-corrected chi connectivity index (χ0v) is 19.0. The highest BCUT2D eigenvalue weighted by molar-refractivity contribution is 7.12. The van der Waals surface area contributed by atoms with Crippen LogP contribution in [0.4, 0.5) is 0 Å². The molecule has 0 bridgehead atoms. The van der Waals surface area contributed by atoms with Crippen LogP contribution in [-0.2, 0) is 0 Å². The molecule has 0 amide bonds. The van der Waals surface area contributed by atoms with Gasteiger partial charge in [-0.2, -0.15) is 0 Å². The van der Waals surface area contributed by atoms with E-state index < -0.39 is 11.5 Å².